The summed E-state index contributed by atoms with van der Waals surface area (Å²) in [7, 11) is 0. The van der Waals surface area contributed by atoms with Crippen LogP contribution in [-0.2, 0) is 10.7 Å². The van der Waals surface area contributed by atoms with Crippen LogP contribution in [0.1, 0.15) is 17.1 Å². The third-order valence-electron chi connectivity index (χ3n) is 5.25. The Balaban J connectivity index is 1.64. The van der Waals surface area contributed by atoms with Gasteiger partial charge in [-0.2, -0.15) is 18.9 Å². The minimum atomic E-state index is -3.53. The van der Waals surface area contributed by atoms with Crippen LogP contribution in [0.15, 0.2) is 42.5 Å². The lowest BCUT2D eigenvalue weighted by atomic mass is 10.1. The normalized spacial score (nSPS) is 14.8. The van der Waals surface area contributed by atoms with Gasteiger partial charge < -0.3 is 15.0 Å². The first-order valence-corrected chi connectivity index (χ1v) is 10.1. The minimum absolute atomic E-state index is 0.143. The van der Waals surface area contributed by atoms with Crippen LogP contribution in [0.2, 0.25) is 0 Å². The van der Waals surface area contributed by atoms with Gasteiger partial charge in [0.25, 0.3) is 0 Å². The molecule has 166 valence electrons. The van der Waals surface area contributed by atoms with Gasteiger partial charge in [0, 0.05) is 30.4 Å². The van der Waals surface area contributed by atoms with E-state index in [0.29, 0.717) is 37.8 Å². The van der Waals surface area contributed by atoms with Crippen LogP contribution in [-0.4, -0.2) is 50.9 Å². The molecule has 32 heavy (non-hydrogen) atoms. The Bertz CT molecular complexity index is 1250. The molecule has 3 aromatic heterocycles. The number of hydrogen-bond donors (Lipinski definition) is 2. The van der Waals surface area contributed by atoms with E-state index in [-0.39, 0.29) is 5.95 Å². The largest absolute Gasteiger partial charge is 0.378 e. The van der Waals surface area contributed by atoms with Gasteiger partial charge in [0.15, 0.2) is 5.82 Å². The number of aryl methyl sites for hydroxylation is 1. The number of fused-ring (bicyclic) bond motifs is 1. The molecule has 1 fully saturated rings. The zero-order valence-corrected chi connectivity index (χ0v) is 17.1. The highest BCUT2D eigenvalue weighted by Crippen LogP contribution is 2.35. The molecule has 1 saturated heterocycles. The summed E-state index contributed by atoms with van der Waals surface area (Å²) in [6, 6.07) is 9.26. The maximum atomic E-state index is 15.3. The number of hydrogen-bond acceptors (Lipinski definition) is 6. The molecular weight excluding hydrogens is 423 g/mol. The van der Waals surface area contributed by atoms with Crippen molar-refractivity contribution in [3.8, 4) is 0 Å². The smallest absolute Gasteiger partial charge is 0.331 e. The molecule has 0 radical (unpaired) electrons. The van der Waals surface area contributed by atoms with Gasteiger partial charge in [-0.1, -0.05) is 0 Å². The van der Waals surface area contributed by atoms with Crippen molar-refractivity contribution in [2.24, 2.45) is 0 Å². The Hall–Kier alpha value is -3.60. The maximum absolute atomic E-state index is 15.3. The molecule has 2 N–H and O–H groups in total. The molecule has 0 spiro atoms. The molecule has 0 unspecified atom stereocenters. The number of alkyl halides is 2. The summed E-state index contributed by atoms with van der Waals surface area (Å²) in [4.78, 5) is 10.4. The van der Waals surface area contributed by atoms with Crippen LogP contribution >= 0.6 is 0 Å². The Morgan fingerprint density at radius 1 is 1.06 bits per heavy atom. The van der Waals surface area contributed by atoms with Crippen LogP contribution in [0, 0.1) is 12.7 Å². The molecule has 5 rings (SSSR count). The summed E-state index contributed by atoms with van der Waals surface area (Å²) < 4.78 is 51.0. The topological polar surface area (TPSA) is 83.4 Å². The van der Waals surface area contributed by atoms with E-state index in [0.717, 1.165) is 35.8 Å². The van der Waals surface area contributed by atoms with Crippen molar-refractivity contribution in [1.82, 2.24) is 24.6 Å². The molecule has 4 aromatic rings. The quantitative estimate of drug-likeness (QED) is 0.490. The first-order valence-electron chi connectivity index (χ1n) is 10.1. The fraction of sp³-hybridized carbons (Fsp3) is 0.286. The van der Waals surface area contributed by atoms with Crippen molar-refractivity contribution in [2.75, 3.05) is 36.5 Å². The Morgan fingerprint density at radius 2 is 1.81 bits per heavy atom. The molecule has 1 aliphatic heterocycles. The van der Waals surface area contributed by atoms with Crippen molar-refractivity contribution >= 4 is 23.2 Å². The number of halogens is 3. The van der Waals surface area contributed by atoms with E-state index in [4.69, 9.17) is 4.74 Å². The standard InChI is InChI=1S/C21H20F3N7O/c1-13-12-16(29-28-13)25-20-27-19(21(23,24)14-2-4-15(22)5-3-14)26-17-6-7-18(31(17)20)30-8-10-32-11-9-30/h2-7,12H,8-11H2,1H3,(H2,25,26,27,28,29). The average molecular weight is 443 g/mol. The molecule has 8 nitrogen and oxygen atoms in total. The molecule has 11 heteroatoms. The van der Waals surface area contributed by atoms with E-state index in [1.165, 1.54) is 0 Å². The van der Waals surface area contributed by atoms with Crippen LogP contribution < -0.4 is 10.2 Å². The minimum Gasteiger partial charge on any atom is -0.378 e. The summed E-state index contributed by atoms with van der Waals surface area (Å²) in [5.41, 5.74) is 0.702. The molecule has 1 aromatic carbocycles. The van der Waals surface area contributed by atoms with E-state index < -0.39 is 23.1 Å². The lowest BCUT2D eigenvalue weighted by Gasteiger charge is -2.29. The van der Waals surface area contributed by atoms with Crippen molar-refractivity contribution in [3.05, 3.63) is 65.4 Å². The lowest BCUT2D eigenvalue weighted by Crippen LogP contribution is -2.37. The number of nitrogens with zero attached hydrogens (tertiary/aromatic N) is 5. The Morgan fingerprint density at radius 3 is 2.50 bits per heavy atom. The van der Waals surface area contributed by atoms with Crippen LogP contribution in [0.5, 0.6) is 0 Å². The lowest BCUT2D eigenvalue weighted by molar-refractivity contribution is 0.0330. The number of anilines is 3. The second kappa shape index (κ2) is 7.83. The fourth-order valence-electron chi connectivity index (χ4n) is 3.65. The second-order valence-corrected chi connectivity index (χ2v) is 7.50. The third-order valence-corrected chi connectivity index (χ3v) is 5.25. The number of rotatable bonds is 5. The SMILES string of the molecule is Cc1cc(Nc2nc(C(F)(F)c3ccc(F)cc3)nc3ccc(N4CCOCC4)n23)n[nH]1. The molecule has 4 heterocycles. The van der Waals surface area contributed by atoms with Crippen molar-refractivity contribution in [3.63, 3.8) is 0 Å². The number of benzene rings is 1. The van der Waals surface area contributed by atoms with Gasteiger partial charge in [-0.3, -0.25) is 5.10 Å². The third kappa shape index (κ3) is 3.64. The van der Waals surface area contributed by atoms with E-state index in [1.54, 1.807) is 16.5 Å². The summed E-state index contributed by atoms with van der Waals surface area (Å²) in [5.74, 6) is -3.49. The van der Waals surface area contributed by atoms with Crippen LogP contribution in [0.25, 0.3) is 5.65 Å². The maximum Gasteiger partial charge on any atom is 0.331 e. The highest BCUT2D eigenvalue weighted by Gasteiger charge is 2.39. The number of ether oxygens (including phenoxy) is 1. The number of morpholine rings is 1. The Labute approximate surface area is 181 Å². The van der Waals surface area contributed by atoms with E-state index in [2.05, 4.69) is 30.4 Å². The average Bonchev–Trinajstić information content (AvgIpc) is 3.41. The number of aromatic amines is 1. The van der Waals surface area contributed by atoms with Gasteiger partial charge in [-0.05, 0) is 43.3 Å². The van der Waals surface area contributed by atoms with Gasteiger partial charge in [0.05, 0.1) is 13.2 Å². The summed E-state index contributed by atoms with van der Waals surface area (Å²) in [6.45, 7) is 4.27. The van der Waals surface area contributed by atoms with Gasteiger partial charge in [0.1, 0.15) is 17.3 Å². The second-order valence-electron chi connectivity index (χ2n) is 7.50. The van der Waals surface area contributed by atoms with E-state index in [9.17, 15) is 4.39 Å². The van der Waals surface area contributed by atoms with Crippen molar-refractivity contribution < 1.29 is 17.9 Å². The highest BCUT2D eigenvalue weighted by molar-refractivity contribution is 5.62. The molecular formula is C21H20F3N7O. The first kappa shape index (κ1) is 20.3. The predicted molar refractivity (Wildman–Crippen MR) is 112 cm³/mol. The number of aromatic nitrogens is 5. The van der Waals surface area contributed by atoms with Crippen LogP contribution in [0.3, 0.4) is 0 Å². The van der Waals surface area contributed by atoms with Crippen molar-refractivity contribution in [2.45, 2.75) is 12.8 Å². The van der Waals surface area contributed by atoms with Gasteiger partial charge in [-0.15, -0.1) is 0 Å². The highest BCUT2D eigenvalue weighted by atomic mass is 19.3. The van der Waals surface area contributed by atoms with E-state index >= 15 is 8.78 Å². The zero-order valence-electron chi connectivity index (χ0n) is 17.1. The Kier molecular flexibility index (Phi) is 4.97. The molecule has 0 atom stereocenters. The van der Waals surface area contributed by atoms with Crippen LogP contribution in [0.4, 0.5) is 30.8 Å². The molecule has 0 aliphatic carbocycles. The number of H-pyrrole nitrogens is 1. The first-order chi connectivity index (χ1) is 15.4. The summed E-state index contributed by atoms with van der Waals surface area (Å²) in [5, 5.41) is 9.97. The number of nitrogens with one attached hydrogen (secondary N) is 2. The van der Waals surface area contributed by atoms with Crippen molar-refractivity contribution in [1.29, 1.82) is 0 Å². The zero-order chi connectivity index (χ0) is 22.3. The predicted octanol–water partition coefficient (Wildman–Crippen LogP) is 3.62. The van der Waals surface area contributed by atoms with Gasteiger partial charge in [-0.25, -0.2) is 13.8 Å². The van der Waals surface area contributed by atoms with Gasteiger partial charge in [0.2, 0.25) is 11.8 Å². The van der Waals surface area contributed by atoms with Gasteiger partial charge >= 0.3 is 5.92 Å². The summed E-state index contributed by atoms with van der Waals surface area (Å²) in [6.07, 6.45) is 0. The molecule has 0 amide bonds. The monoisotopic (exact) mass is 443 g/mol. The fourth-order valence-corrected chi connectivity index (χ4v) is 3.65. The van der Waals surface area contributed by atoms with E-state index in [1.807, 2.05) is 13.0 Å². The molecule has 1 aliphatic rings. The molecule has 0 bridgehead atoms. The molecule has 0 saturated carbocycles. The summed E-state index contributed by atoms with van der Waals surface area (Å²) >= 11 is 0.